The number of nitrogens with one attached hydrogen (secondary N) is 2. The van der Waals surface area contributed by atoms with Crippen molar-refractivity contribution >= 4 is 17.3 Å². The van der Waals surface area contributed by atoms with Gasteiger partial charge in [0.25, 0.3) is 0 Å². The van der Waals surface area contributed by atoms with Gasteiger partial charge in [0.1, 0.15) is 0 Å². The molecule has 1 rings (SSSR count). The first kappa shape index (κ1) is 17.0. The molecule has 0 saturated carbocycles. The highest BCUT2D eigenvalue weighted by Gasteiger charge is 2.06. The molecule has 1 aromatic rings. The first-order valence-corrected chi connectivity index (χ1v) is 8.16. The van der Waals surface area contributed by atoms with E-state index in [-0.39, 0.29) is 0 Å². The molecule has 2 N–H and O–H groups in total. The summed E-state index contributed by atoms with van der Waals surface area (Å²) in [5, 5.41) is 11.0. The maximum Gasteiger partial charge on any atom is 0.190 e. The zero-order chi connectivity index (χ0) is 14.8. The Morgan fingerprint density at radius 1 is 1.35 bits per heavy atom. The molecular weight excluding hydrogens is 270 g/mol. The van der Waals surface area contributed by atoms with E-state index in [1.807, 2.05) is 0 Å². The molecule has 1 atom stereocenters. The second-order valence-corrected chi connectivity index (χ2v) is 5.89. The van der Waals surface area contributed by atoms with E-state index in [9.17, 15) is 0 Å². The standard InChI is InChI=1S/C15H27N3OS/c1-12(2)19-8-5-7-17-15(16-4)18-10-13(3)14-6-9-20-11-14/h6,9,11-13H,5,7-8,10H2,1-4H3,(H2,16,17,18). The molecule has 0 amide bonds. The fourth-order valence-corrected chi connectivity index (χ4v) is 2.52. The van der Waals surface area contributed by atoms with E-state index < -0.39 is 0 Å². The van der Waals surface area contributed by atoms with Crippen LogP contribution >= 0.6 is 11.3 Å². The fourth-order valence-electron chi connectivity index (χ4n) is 1.74. The van der Waals surface area contributed by atoms with Crippen LogP contribution in [0.1, 0.15) is 38.7 Å². The summed E-state index contributed by atoms with van der Waals surface area (Å²) in [7, 11) is 1.80. The monoisotopic (exact) mass is 297 g/mol. The molecular formula is C15H27N3OS. The van der Waals surface area contributed by atoms with Crippen molar-refractivity contribution in [2.24, 2.45) is 4.99 Å². The molecule has 0 aromatic carbocycles. The Morgan fingerprint density at radius 2 is 2.15 bits per heavy atom. The Kier molecular flexibility index (Phi) is 8.30. The van der Waals surface area contributed by atoms with Gasteiger partial charge in [-0.05, 0) is 48.6 Å². The second-order valence-electron chi connectivity index (χ2n) is 5.11. The topological polar surface area (TPSA) is 45.7 Å². The maximum absolute atomic E-state index is 5.51. The molecule has 114 valence electrons. The molecule has 0 aliphatic carbocycles. The molecule has 0 saturated heterocycles. The van der Waals surface area contributed by atoms with Crippen LogP contribution in [0, 0.1) is 0 Å². The van der Waals surface area contributed by atoms with Gasteiger partial charge in [-0.3, -0.25) is 4.99 Å². The number of nitrogens with zero attached hydrogens (tertiary/aromatic N) is 1. The average Bonchev–Trinajstić information content (AvgIpc) is 2.95. The number of guanidine groups is 1. The van der Waals surface area contributed by atoms with Crippen molar-refractivity contribution in [1.82, 2.24) is 10.6 Å². The Morgan fingerprint density at radius 3 is 2.75 bits per heavy atom. The minimum Gasteiger partial charge on any atom is -0.379 e. The lowest BCUT2D eigenvalue weighted by molar-refractivity contribution is 0.0776. The van der Waals surface area contributed by atoms with Gasteiger partial charge in [0, 0.05) is 26.7 Å². The molecule has 0 bridgehead atoms. The van der Waals surface area contributed by atoms with Crippen molar-refractivity contribution in [1.29, 1.82) is 0 Å². The van der Waals surface area contributed by atoms with E-state index in [4.69, 9.17) is 4.74 Å². The van der Waals surface area contributed by atoms with Gasteiger partial charge in [0.05, 0.1) is 6.10 Å². The molecule has 1 heterocycles. The van der Waals surface area contributed by atoms with Gasteiger partial charge in [-0.25, -0.2) is 0 Å². The quantitative estimate of drug-likeness (QED) is 0.440. The van der Waals surface area contributed by atoms with E-state index in [0.717, 1.165) is 32.1 Å². The number of hydrogen-bond donors (Lipinski definition) is 2. The van der Waals surface area contributed by atoms with Gasteiger partial charge >= 0.3 is 0 Å². The first-order valence-electron chi connectivity index (χ1n) is 7.21. The maximum atomic E-state index is 5.51. The Hall–Kier alpha value is -1.07. The van der Waals surface area contributed by atoms with E-state index in [0.29, 0.717) is 12.0 Å². The van der Waals surface area contributed by atoms with Crippen LogP contribution in [0.4, 0.5) is 0 Å². The highest BCUT2D eigenvalue weighted by molar-refractivity contribution is 7.07. The zero-order valence-electron chi connectivity index (χ0n) is 13.0. The van der Waals surface area contributed by atoms with Crippen molar-refractivity contribution < 1.29 is 4.74 Å². The summed E-state index contributed by atoms with van der Waals surface area (Å²) in [6.07, 6.45) is 1.29. The molecule has 0 aliphatic rings. The largest absolute Gasteiger partial charge is 0.379 e. The highest BCUT2D eigenvalue weighted by Crippen LogP contribution is 2.16. The van der Waals surface area contributed by atoms with Gasteiger partial charge in [-0.15, -0.1) is 0 Å². The van der Waals surface area contributed by atoms with Gasteiger partial charge < -0.3 is 15.4 Å². The molecule has 0 radical (unpaired) electrons. The third-order valence-corrected chi connectivity index (χ3v) is 3.68. The van der Waals surface area contributed by atoms with Crippen molar-refractivity contribution in [2.75, 3.05) is 26.7 Å². The number of aliphatic imine (C=N–C) groups is 1. The number of hydrogen-bond acceptors (Lipinski definition) is 3. The molecule has 0 aliphatic heterocycles. The van der Waals surface area contributed by atoms with Crippen molar-refractivity contribution in [3.8, 4) is 0 Å². The summed E-state index contributed by atoms with van der Waals surface area (Å²) in [5.74, 6) is 1.35. The summed E-state index contributed by atoms with van der Waals surface area (Å²) in [6.45, 7) is 8.88. The lowest BCUT2D eigenvalue weighted by atomic mass is 10.1. The third kappa shape index (κ3) is 6.91. The summed E-state index contributed by atoms with van der Waals surface area (Å²) >= 11 is 1.74. The van der Waals surface area contributed by atoms with E-state index in [2.05, 4.69) is 53.2 Å². The number of rotatable bonds is 8. The van der Waals surface area contributed by atoms with Gasteiger partial charge in [-0.2, -0.15) is 11.3 Å². The fraction of sp³-hybridized carbons (Fsp3) is 0.667. The molecule has 4 nitrogen and oxygen atoms in total. The molecule has 1 unspecified atom stereocenters. The van der Waals surface area contributed by atoms with E-state index in [1.165, 1.54) is 5.56 Å². The van der Waals surface area contributed by atoms with Crippen molar-refractivity contribution in [3.05, 3.63) is 22.4 Å². The van der Waals surface area contributed by atoms with Crippen LogP contribution in [-0.2, 0) is 4.74 Å². The summed E-state index contributed by atoms with van der Waals surface area (Å²) in [4.78, 5) is 4.23. The second kappa shape index (κ2) is 9.77. The molecule has 5 heteroatoms. The SMILES string of the molecule is CN=C(NCCCOC(C)C)NCC(C)c1ccsc1. The van der Waals surface area contributed by atoms with E-state index >= 15 is 0 Å². The Labute approximate surface area is 126 Å². The molecule has 1 aromatic heterocycles. The molecule has 0 fully saturated rings. The minimum atomic E-state index is 0.305. The van der Waals surface area contributed by atoms with Crippen molar-refractivity contribution in [3.63, 3.8) is 0 Å². The van der Waals surface area contributed by atoms with Crippen LogP contribution in [0.15, 0.2) is 21.8 Å². The lowest BCUT2D eigenvalue weighted by Gasteiger charge is -2.15. The van der Waals surface area contributed by atoms with Crippen LogP contribution in [0.3, 0.4) is 0 Å². The first-order chi connectivity index (χ1) is 9.63. The van der Waals surface area contributed by atoms with Crippen molar-refractivity contribution in [2.45, 2.75) is 39.2 Å². The predicted molar refractivity (Wildman–Crippen MR) is 87.8 cm³/mol. The third-order valence-electron chi connectivity index (χ3n) is 2.98. The lowest BCUT2D eigenvalue weighted by Crippen LogP contribution is -2.39. The predicted octanol–water partition coefficient (Wildman–Crippen LogP) is 2.83. The van der Waals surface area contributed by atoms with Crippen LogP contribution in [0.25, 0.3) is 0 Å². The minimum absolute atomic E-state index is 0.305. The van der Waals surface area contributed by atoms with Gasteiger partial charge in [-0.1, -0.05) is 6.92 Å². The normalized spacial score (nSPS) is 13.6. The summed E-state index contributed by atoms with van der Waals surface area (Å²) in [6, 6.07) is 2.18. The van der Waals surface area contributed by atoms with Gasteiger partial charge in [0.2, 0.25) is 0 Å². The molecule has 20 heavy (non-hydrogen) atoms. The number of thiophene rings is 1. The van der Waals surface area contributed by atoms with Crippen LogP contribution in [0.2, 0.25) is 0 Å². The smallest absolute Gasteiger partial charge is 0.190 e. The summed E-state index contributed by atoms with van der Waals surface area (Å²) < 4.78 is 5.51. The Bertz CT molecular complexity index is 376. The van der Waals surface area contributed by atoms with Crippen LogP contribution in [-0.4, -0.2) is 38.8 Å². The van der Waals surface area contributed by atoms with Gasteiger partial charge in [0.15, 0.2) is 5.96 Å². The van der Waals surface area contributed by atoms with E-state index in [1.54, 1.807) is 18.4 Å². The van der Waals surface area contributed by atoms with Crippen LogP contribution < -0.4 is 10.6 Å². The highest BCUT2D eigenvalue weighted by atomic mass is 32.1. The average molecular weight is 297 g/mol. The summed E-state index contributed by atoms with van der Waals surface area (Å²) in [5.41, 5.74) is 1.38. The Balaban J connectivity index is 2.17. The number of ether oxygens (including phenoxy) is 1. The van der Waals surface area contributed by atoms with Crippen LogP contribution in [0.5, 0.6) is 0 Å². The zero-order valence-corrected chi connectivity index (χ0v) is 13.8. The molecule has 0 spiro atoms.